The minimum Gasteiger partial charge on any atom is -0.454 e. The van der Waals surface area contributed by atoms with E-state index in [1.165, 1.54) is 19.1 Å². The van der Waals surface area contributed by atoms with Crippen LogP contribution in [0.15, 0.2) is 29.2 Å². The maximum Gasteiger partial charge on any atom is 0.324 e. The molecule has 9 heteroatoms. The zero-order chi connectivity index (χ0) is 20.7. The lowest BCUT2D eigenvalue weighted by molar-refractivity contribution is -0.149. The smallest absolute Gasteiger partial charge is 0.324 e. The van der Waals surface area contributed by atoms with Crippen LogP contribution in [0.4, 0.5) is 0 Å². The van der Waals surface area contributed by atoms with Crippen molar-refractivity contribution in [1.82, 2.24) is 10.0 Å². The summed E-state index contributed by atoms with van der Waals surface area (Å²) in [6.45, 7) is 6.99. The Kier molecular flexibility index (Phi) is 7.94. The second-order valence-corrected chi connectivity index (χ2v) is 8.70. The average Bonchev–Trinajstić information content (AvgIpc) is 2.58. The molecule has 0 bridgehead atoms. The van der Waals surface area contributed by atoms with Gasteiger partial charge in [-0.1, -0.05) is 32.9 Å². The van der Waals surface area contributed by atoms with Gasteiger partial charge >= 0.3 is 5.97 Å². The molecule has 1 aromatic rings. The number of nitriles is 1. The van der Waals surface area contributed by atoms with Gasteiger partial charge in [0.1, 0.15) is 6.04 Å². The average molecular weight is 395 g/mol. The number of ether oxygens (including phenoxy) is 1. The summed E-state index contributed by atoms with van der Waals surface area (Å²) in [5.41, 5.74) is 0.872. The molecule has 0 saturated heterocycles. The van der Waals surface area contributed by atoms with Crippen molar-refractivity contribution < 1.29 is 22.7 Å². The summed E-state index contributed by atoms with van der Waals surface area (Å²) in [7, 11) is -3.91. The molecule has 2 N–H and O–H groups in total. The fourth-order valence-electron chi connectivity index (χ4n) is 2.05. The van der Waals surface area contributed by atoms with E-state index in [0.717, 1.165) is 5.56 Å². The van der Waals surface area contributed by atoms with Gasteiger partial charge in [-0.2, -0.15) is 9.98 Å². The van der Waals surface area contributed by atoms with Gasteiger partial charge in [0.15, 0.2) is 6.61 Å². The van der Waals surface area contributed by atoms with E-state index in [-0.39, 0.29) is 23.3 Å². The number of nitrogens with one attached hydrogen (secondary N) is 2. The molecule has 0 heterocycles. The Bertz CT molecular complexity index is 805. The van der Waals surface area contributed by atoms with Crippen LogP contribution in [-0.4, -0.2) is 39.5 Å². The highest BCUT2D eigenvalue weighted by Gasteiger charge is 2.24. The standard InChI is InChI=1S/C18H25N3O5S/c1-13(17(23)26-12-16(22)20-11-5-10-19)21-27(24,25)15-8-6-14(7-9-15)18(2,3)4/h6-9,13,21H,5,11-12H2,1-4H3,(H,20,22)/t13-/m0/s1. The molecule has 0 unspecified atom stereocenters. The fraction of sp³-hybridized carbons (Fsp3) is 0.500. The minimum atomic E-state index is -3.91. The second-order valence-electron chi connectivity index (χ2n) is 6.98. The largest absolute Gasteiger partial charge is 0.454 e. The normalized spacial score (nSPS) is 12.7. The fourth-order valence-corrected chi connectivity index (χ4v) is 3.25. The molecule has 0 aliphatic carbocycles. The van der Waals surface area contributed by atoms with Crippen LogP contribution in [0.3, 0.4) is 0 Å². The van der Waals surface area contributed by atoms with Crippen LogP contribution >= 0.6 is 0 Å². The summed E-state index contributed by atoms with van der Waals surface area (Å²) in [5.74, 6) is -1.44. The van der Waals surface area contributed by atoms with Gasteiger partial charge in [-0.25, -0.2) is 8.42 Å². The molecule has 0 aliphatic heterocycles. The number of sulfonamides is 1. The third-order valence-corrected chi connectivity index (χ3v) is 5.18. The number of hydrogen-bond donors (Lipinski definition) is 2. The Morgan fingerprint density at radius 3 is 2.33 bits per heavy atom. The first-order valence-corrected chi connectivity index (χ1v) is 9.89. The van der Waals surface area contributed by atoms with Gasteiger partial charge in [0.05, 0.1) is 17.4 Å². The molecule has 0 saturated carbocycles. The van der Waals surface area contributed by atoms with Gasteiger partial charge < -0.3 is 10.1 Å². The van der Waals surface area contributed by atoms with E-state index in [1.54, 1.807) is 12.1 Å². The number of rotatable bonds is 8. The Morgan fingerprint density at radius 2 is 1.81 bits per heavy atom. The molecular formula is C18H25N3O5S. The molecule has 0 fully saturated rings. The Hall–Kier alpha value is -2.44. The molecule has 0 spiro atoms. The minimum absolute atomic E-state index is 0.0318. The SMILES string of the molecule is C[C@H](NS(=O)(=O)c1ccc(C(C)(C)C)cc1)C(=O)OCC(=O)NCCC#N. The van der Waals surface area contributed by atoms with Gasteiger partial charge in [-0.15, -0.1) is 0 Å². The number of carbonyl (C=O) groups is 2. The quantitative estimate of drug-likeness (QED) is 0.504. The summed E-state index contributed by atoms with van der Waals surface area (Å²) in [5, 5.41) is 10.8. The topological polar surface area (TPSA) is 125 Å². The van der Waals surface area contributed by atoms with Gasteiger partial charge in [-0.3, -0.25) is 9.59 Å². The summed E-state index contributed by atoms with van der Waals surface area (Å²) in [6.07, 6.45) is 0.143. The number of esters is 1. The van der Waals surface area contributed by atoms with Crippen LogP contribution in [0.5, 0.6) is 0 Å². The second kappa shape index (κ2) is 9.48. The van der Waals surface area contributed by atoms with Gasteiger partial charge in [0, 0.05) is 6.54 Å². The first-order valence-electron chi connectivity index (χ1n) is 8.40. The lowest BCUT2D eigenvalue weighted by atomic mass is 9.87. The number of carbonyl (C=O) groups excluding carboxylic acids is 2. The van der Waals surface area contributed by atoms with Gasteiger partial charge in [0.25, 0.3) is 5.91 Å². The van der Waals surface area contributed by atoms with Crippen LogP contribution in [0.2, 0.25) is 0 Å². The van der Waals surface area contributed by atoms with Gasteiger partial charge in [0.2, 0.25) is 10.0 Å². The summed E-state index contributed by atoms with van der Waals surface area (Å²) < 4.78 is 31.8. The molecule has 0 aliphatic rings. The molecule has 0 aromatic heterocycles. The lowest BCUT2D eigenvalue weighted by Gasteiger charge is -2.19. The molecule has 8 nitrogen and oxygen atoms in total. The number of hydrogen-bond acceptors (Lipinski definition) is 6. The maximum atomic E-state index is 12.4. The first-order chi connectivity index (χ1) is 12.5. The molecule has 27 heavy (non-hydrogen) atoms. The van der Waals surface area contributed by atoms with Crippen molar-refractivity contribution in [2.45, 2.75) is 50.5 Å². The van der Waals surface area contributed by atoms with Crippen molar-refractivity contribution >= 4 is 21.9 Å². The molecular weight excluding hydrogens is 370 g/mol. The molecule has 1 aromatic carbocycles. The van der Waals surface area contributed by atoms with Crippen molar-refractivity contribution in [3.63, 3.8) is 0 Å². The van der Waals surface area contributed by atoms with E-state index >= 15 is 0 Å². The van der Waals surface area contributed by atoms with E-state index in [4.69, 9.17) is 10.00 Å². The van der Waals surface area contributed by atoms with Crippen LogP contribution in [0, 0.1) is 11.3 Å². The van der Waals surface area contributed by atoms with Crippen molar-refractivity contribution in [3.05, 3.63) is 29.8 Å². The van der Waals surface area contributed by atoms with E-state index in [2.05, 4.69) is 10.0 Å². The van der Waals surface area contributed by atoms with Crippen LogP contribution < -0.4 is 10.0 Å². The Balaban J connectivity index is 2.64. The molecule has 0 radical (unpaired) electrons. The lowest BCUT2D eigenvalue weighted by Crippen LogP contribution is -2.41. The predicted molar refractivity (Wildman–Crippen MR) is 99.1 cm³/mol. The van der Waals surface area contributed by atoms with E-state index in [0.29, 0.717) is 0 Å². The van der Waals surface area contributed by atoms with E-state index in [9.17, 15) is 18.0 Å². The Labute approximate surface area is 160 Å². The monoisotopic (exact) mass is 395 g/mol. The summed E-state index contributed by atoms with van der Waals surface area (Å²) in [6, 6.07) is 7.10. The van der Waals surface area contributed by atoms with Crippen molar-refractivity contribution in [3.8, 4) is 6.07 Å². The van der Waals surface area contributed by atoms with Crippen molar-refractivity contribution in [2.24, 2.45) is 0 Å². The molecule has 1 rings (SSSR count). The maximum absolute atomic E-state index is 12.4. The highest BCUT2D eigenvalue weighted by molar-refractivity contribution is 7.89. The highest BCUT2D eigenvalue weighted by Crippen LogP contribution is 2.23. The molecule has 1 atom stereocenters. The van der Waals surface area contributed by atoms with Crippen LogP contribution in [0.25, 0.3) is 0 Å². The number of nitrogens with zero attached hydrogens (tertiary/aromatic N) is 1. The van der Waals surface area contributed by atoms with E-state index in [1.807, 2.05) is 26.8 Å². The predicted octanol–water partition coefficient (Wildman–Crippen LogP) is 1.22. The molecule has 148 valence electrons. The van der Waals surface area contributed by atoms with Crippen LogP contribution in [-0.2, 0) is 29.8 Å². The first kappa shape index (κ1) is 22.6. The van der Waals surface area contributed by atoms with E-state index < -0.39 is 34.5 Å². The van der Waals surface area contributed by atoms with Crippen LogP contribution in [0.1, 0.15) is 39.7 Å². The van der Waals surface area contributed by atoms with Crippen molar-refractivity contribution in [2.75, 3.05) is 13.2 Å². The zero-order valence-corrected chi connectivity index (χ0v) is 16.7. The molecule has 1 amide bonds. The zero-order valence-electron chi connectivity index (χ0n) is 15.9. The summed E-state index contributed by atoms with van der Waals surface area (Å²) >= 11 is 0. The third kappa shape index (κ3) is 7.37. The number of amides is 1. The number of benzene rings is 1. The van der Waals surface area contributed by atoms with Crippen molar-refractivity contribution in [1.29, 1.82) is 5.26 Å². The Morgan fingerprint density at radius 1 is 1.22 bits per heavy atom. The third-order valence-electron chi connectivity index (χ3n) is 3.62. The summed E-state index contributed by atoms with van der Waals surface area (Å²) in [4.78, 5) is 23.4. The highest BCUT2D eigenvalue weighted by atomic mass is 32.2. The van der Waals surface area contributed by atoms with Gasteiger partial charge in [-0.05, 0) is 30.0 Å².